The van der Waals surface area contributed by atoms with Crippen molar-refractivity contribution in [3.05, 3.63) is 53.6 Å². The second-order valence-corrected chi connectivity index (χ2v) is 4.80. The number of rotatable bonds is 5. The largest absolute Gasteiger partial charge is 0.352 e. The summed E-state index contributed by atoms with van der Waals surface area (Å²) in [5.74, 6) is 0.791. The van der Waals surface area contributed by atoms with Gasteiger partial charge in [-0.1, -0.05) is 29.8 Å². The molecule has 1 heterocycles. The lowest BCUT2D eigenvalue weighted by molar-refractivity contribution is 0.0668. The number of benzene rings is 1. The van der Waals surface area contributed by atoms with Gasteiger partial charge in [0.2, 0.25) is 0 Å². The first-order chi connectivity index (χ1) is 10.6. The SMILES string of the molecule is CN=C(NCc1cccc(C)c1)NCc1nccn1C(F)F.I. The zero-order valence-electron chi connectivity index (χ0n) is 13.0. The standard InChI is InChI=1S/C15H19F2N5.HI/c1-11-4-3-5-12(8-11)9-20-15(18-2)21-10-13-19-6-7-22(13)14(16)17;/h3-8,14H,9-10H2,1-2H3,(H2,18,20,21);1H. The number of hydrogen-bond donors (Lipinski definition) is 2. The van der Waals surface area contributed by atoms with Crippen molar-refractivity contribution in [1.29, 1.82) is 0 Å². The number of aryl methyl sites for hydroxylation is 1. The Hall–Kier alpha value is -1.71. The van der Waals surface area contributed by atoms with Crippen molar-refractivity contribution in [2.45, 2.75) is 26.6 Å². The first-order valence-corrected chi connectivity index (χ1v) is 6.90. The number of nitrogens with one attached hydrogen (secondary N) is 2. The maximum atomic E-state index is 12.7. The summed E-state index contributed by atoms with van der Waals surface area (Å²) in [6, 6.07) is 8.10. The summed E-state index contributed by atoms with van der Waals surface area (Å²) in [6.07, 6.45) is 2.61. The van der Waals surface area contributed by atoms with Gasteiger partial charge in [0.15, 0.2) is 5.96 Å². The highest BCUT2D eigenvalue weighted by Crippen LogP contribution is 2.11. The van der Waals surface area contributed by atoms with Gasteiger partial charge in [0, 0.05) is 26.0 Å². The van der Waals surface area contributed by atoms with Gasteiger partial charge in [0.1, 0.15) is 5.82 Å². The molecule has 0 unspecified atom stereocenters. The van der Waals surface area contributed by atoms with Crippen LogP contribution in [0.4, 0.5) is 8.78 Å². The van der Waals surface area contributed by atoms with E-state index in [9.17, 15) is 8.78 Å². The van der Waals surface area contributed by atoms with Crippen LogP contribution in [0.25, 0.3) is 0 Å². The highest BCUT2D eigenvalue weighted by Gasteiger charge is 2.11. The van der Waals surface area contributed by atoms with E-state index in [-0.39, 0.29) is 36.3 Å². The summed E-state index contributed by atoms with van der Waals surface area (Å²) in [4.78, 5) is 7.98. The fraction of sp³-hybridized carbons (Fsp3) is 0.333. The molecular weight excluding hydrogens is 415 g/mol. The Morgan fingerprint density at radius 3 is 2.70 bits per heavy atom. The third-order valence-electron chi connectivity index (χ3n) is 3.14. The summed E-state index contributed by atoms with van der Waals surface area (Å²) in [6.45, 7) is 0.206. The molecule has 126 valence electrons. The minimum absolute atomic E-state index is 0. The van der Waals surface area contributed by atoms with E-state index in [1.54, 1.807) is 7.05 Å². The number of aliphatic imine (C=N–C) groups is 1. The molecule has 0 amide bonds. The van der Waals surface area contributed by atoms with Crippen LogP contribution < -0.4 is 10.6 Å². The Morgan fingerprint density at radius 1 is 1.30 bits per heavy atom. The Balaban J connectivity index is 0.00000264. The monoisotopic (exact) mass is 435 g/mol. The number of hydrogen-bond acceptors (Lipinski definition) is 2. The van der Waals surface area contributed by atoms with Gasteiger partial charge >= 0.3 is 6.55 Å². The molecule has 0 saturated heterocycles. The van der Waals surface area contributed by atoms with Gasteiger partial charge in [0.05, 0.1) is 6.54 Å². The topological polar surface area (TPSA) is 54.2 Å². The van der Waals surface area contributed by atoms with Crippen LogP contribution in [-0.2, 0) is 13.1 Å². The van der Waals surface area contributed by atoms with Crippen molar-refractivity contribution >= 4 is 29.9 Å². The van der Waals surface area contributed by atoms with Crippen molar-refractivity contribution in [3.8, 4) is 0 Å². The zero-order valence-corrected chi connectivity index (χ0v) is 15.3. The average molecular weight is 435 g/mol. The maximum Gasteiger partial charge on any atom is 0.319 e. The van der Waals surface area contributed by atoms with Crippen LogP contribution in [0.1, 0.15) is 23.5 Å². The number of imidazole rings is 1. The summed E-state index contributed by atoms with van der Waals surface area (Å²) in [5.41, 5.74) is 2.30. The minimum Gasteiger partial charge on any atom is -0.352 e. The minimum atomic E-state index is -2.60. The van der Waals surface area contributed by atoms with Gasteiger partial charge in [-0.15, -0.1) is 24.0 Å². The Labute approximate surface area is 151 Å². The number of nitrogens with zero attached hydrogens (tertiary/aromatic N) is 3. The maximum absolute atomic E-state index is 12.7. The van der Waals surface area contributed by atoms with Crippen molar-refractivity contribution in [1.82, 2.24) is 20.2 Å². The molecule has 0 bridgehead atoms. The van der Waals surface area contributed by atoms with Crippen molar-refractivity contribution < 1.29 is 8.78 Å². The molecule has 0 spiro atoms. The molecule has 0 aliphatic heterocycles. The fourth-order valence-corrected chi connectivity index (χ4v) is 2.05. The van der Waals surface area contributed by atoms with Crippen molar-refractivity contribution in [3.63, 3.8) is 0 Å². The summed E-state index contributed by atoms with van der Waals surface area (Å²) in [7, 11) is 1.63. The van der Waals surface area contributed by atoms with Crippen LogP contribution >= 0.6 is 24.0 Å². The van der Waals surface area contributed by atoms with Gasteiger partial charge in [-0.05, 0) is 12.5 Å². The van der Waals surface area contributed by atoms with E-state index in [1.165, 1.54) is 18.0 Å². The van der Waals surface area contributed by atoms with E-state index in [4.69, 9.17) is 0 Å². The highest BCUT2D eigenvalue weighted by molar-refractivity contribution is 14.0. The van der Waals surface area contributed by atoms with E-state index in [2.05, 4.69) is 26.7 Å². The van der Waals surface area contributed by atoms with Crippen molar-refractivity contribution in [2.75, 3.05) is 7.05 Å². The molecule has 0 saturated carbocycles. The first-order valence-electron chi connectivity index (χ1n) is 6.90. The van der Waals surface area contributed by atoms with Crippen LogP contribution in [0.2, 0.25) is 0 Å². The number of alkyl halides is 2. The van der Waals surface area contributed by atoms with Gasteiger partial charge in [-0.25, -0.2) is 4.98 Å². The van der Waals surface area contributed by atoms with Crippen LogP contribution in [0, 0.1) is 6.92 Å². The molecule has 0 atom stereocenters. The van der Waals surface area contributed by atoms with Gasteiger partial charge in [-0.2, -0.15) is 8.78 Å². The molecule has 8 heteroatoms. The molecule has 0 aliphatic carbocycles. The second-order valence-electron chi connectivity index (χ2n) is 4.80. The fourth-order valence-electron chi connectivity index (χ4n) is 2.05. The first kappa shape index (κ1) is 19.3. The lowest BCUT2D eigenvalue weighted by Crippen LogP contribution is -2.37. The summed E-state index contributed by atoms with van der Waals surface area (Å²) in [5, 5.41) is 6.11. The van der Waals surface area contributed by atoms with E-state index in [1.807, 2.05) is 25.1 Å². The van der Waals surface area contributed by atoms with E-state index in [0.717, 1.165) is 10.1 Å². The molecule has 1 aromatic heterocycles. The molecule has 2 rings (SSSR count). The number of guanidine groups is 1. The third-order valence-corrected chi connectivity index (χ3v) is 3.14. The second kappa shape index (κ2) is 9.43. The third kappa shape index (κ3) is 5.77. The molecule has 0 aliphatic rings. The molecule has 0 radical (unpaired) electrons. The Kier molecular flexibility index (Phi) is 7.93. The highest BCUT2D eigenvalue weighted by atomic mass is 127. The van der Waals surface area contributed by atoms with Crippen LogP contribution in [0.3, 0.4) is 0 Å². The van der Waals surface area contributed by atoms with Gasteiger partial charge in [0.25, 0.3) is 0 Å². The molecule has 2 N–H and O–H groups in total. The number of halogens is 3. The summed E-state index contributed by atoms with van der Waals surface area (Å²) >= 11 is 0. The molecule has 1 aromatic carbocycles. The van der Waals surface area contributed by atoms with Crippen LogP contribution in [0.5, 0.6) is 0 Å². The lowest BCUT2D eigenvalue weighted by Gasteiger charge is -2.13. The van der Waals surface area contributed by atoms with Gasteiger partial charge < -0.3 is 10.6 Å². The van der Waals surface area contributed by atoms with Crippen molar-refractivity contribution in [2.24, 2.45) is 4.99 Å². The predicted octanol–water partition coefficient (Wildman–Crippen LogP) is 3.07. The van der Waals surface area contributed by atoms with E-state index < -0.39 is 6.55 Å². The number of aromatic nitrogens is 2. The molecule has 0 fully saturated rings. The molecule has 23 heavy (non-hydrogen) atoms. The van der Waals surface area contributed by atoms with Crippen LogP contribution in [-0.4, -0.2) is 22.6 Å². The Morgan fingerprint density at radius 2 is 2.04 bits per heavy atom. The summed E-state index contributed by atoms with van der Waals surface area (Å²) < 4.78 is 26.3. The quantitative estimate of drug-likeness (QED) is 0.432. The van der Waals surface area contributed by atoms with Gasteiger partial charge in [-0.3, -0.25) is 9.56 Å². The molecule has 5 nitrogen and oxygen atoms in total. The smallest absolute Gasteiger partial charge is 0.319 e. The molecular formula is C15H20F2IN5. The predicted molar refractivity (Wildman–Crippen MR) is 97.1 cm³/mol. The normalized spacial score (nSPS) is 11.3. The van der Waals surface area contributed by atoms with Crippen LogP contribution in [0.15, 0.2) is 41.7 Å². The van der Waals surface area contributed by atoms with E-state index >= 15 is 0 Å². The molecule has 2 aromatic rings. The van der Waals surface area contributed by atoms with E-state index in [0.29, 0.717) is 12.5 Å². The average Bonchev–Trinajstić information content (AvgIpc) is 2.96. The Bertz CT molecular complexity index is 642. The zero-order chi connectivity index (χ0) is 15.9. The lowest BCUT2D eigenvalue weighted by atomic mass is 10.1.